The molecule has 27 heavy (non-hydrogen) atoms. The molecule has 0 aliphatic rings. The van der Waals surface area contributed by atoms with Crippen LogP contribution in [0.5, 0.6) is 5.75 Å². The molecular weight excluding hydrogens is 363 g/mol. The summed E-state index contributed by atoms with van der Waals surface area (Å²) in [4.78, 5) is 2.03. The van der Waals surface area contributed by atoms with Gasteiger partial charge in [0.25, 0.3) is 0 Å². The van der Waals surface area contributed by atoms with Gasteiger partial charge in [-0.05, 0) is 49.4 Å². The average Bonchev–Trinajstić information content (AvgIpc) is 3.02. The first-order chi connectivity index (χ1) is 13.0. The summed E-state index contributed by atoms with van der Waals surface area (Å²) >= 11 is 5.60. The molecule has 0 bridgehead atoms. The first-order valence-corrected chi connectivity index (χ1v) is 9.10. The zero-order chi connectivity index (χ0) is 19.4. The van der Waals surface area contributed by atoms with E-state index in [9.17, 15) is 4.39 Å². The molecule has 2 aromatic carbocycles. The van der Waals surface area contributed by atoms with E-state index in [-0.39, 0.29) is 17.6 Å². The van der Waals surface area contributed by atoms with Crippen molar-refractivity contribution in [2.75, 3.05) is 14.2 Å². The summed E-state index contributed by atoms with van der Waals surface area (Å²) in [6, 6.07) is 15.3. The molecule has 0 saturated heterocycles. The molecule has 0 fully saturated rings. The van der Waals surface area contributed by atoms with Crippen LogP contribution in [0.1, 0.15) is 24.1 Å². The molecule has 3 aromatic rings. The van der Waals surface area contributed by atoms with Crippen LogP contribution in [0.2, 0.25) is 0 Å². The van der Waals surface area contributed by atoms with Gasteiger partial charge >= 0.3 is 0 Å². The second-order valence-electron chi connectivity index (χ2n) is 6.53. The molecule has 3 rings (SSSR count). The SMILES string of the molecule is COc1ccc(CN(C)Cn2ncn(C(C)c3ccccc3)c2=S)cc1F. The predicted octanol–water partition coefficient (Wildman–Crippen LogP) is 4.26. The van der Waals surface area contributed by atoms with Crippen LogP contribution >= 0.6 is 12.2 Å². The number of benzene rings is 2. The fourth-order valence-corrected chi connectivity index (χ4v) is 3.31. The fourth-order valence-electron chi connectivity index (χ4n) is 3.00. The van der Waals surface area contributed by atoms with E-state index in [0.29, 0.717) is 18.0 Å². The minimum Gasteiger partial charge on any atom is -0.494 e. The van der Waals surface area contributed by atoms with Crippen LogP contribution in [0.15, 0.2) is 54.9 Å². The van der Waals surface area contributed by atoms with Crippen LogP contribution in [-0.2, 0) is 13.2 Å². The molecule has 7 heteroatoms. The lowest BCUT2D eigenvalue weighted by atomic mass is 10.1. The molecule has 0 aliphatic heterocycles. The molecule has 0 radical (unpaired) electrons. The largest absolute Gasteiger partial charge is 0.494 e. The number of halogens is 1. The monoisotopic (exact) mass is 386 g/mol. The second kappa shape index (κ2) is 8.45. The van der Waals surface area contributed by atoms with Crippen LogP contribution < -0.4 is 4.74 Å². The van der Waals surface area contributed by atoms with E-state index in [0.717, 1.165) is 5.56 Å². The van der Waals surface area contributed by atoms with E-state index in [1.165, 1.54) is 18.7 Å². The Morgan fingerprint density at radius 2 is 1.96 bits per heavy atom. The zero-order valence-corrected chi connectivity index (χ0v) is 16.5. The van der Waals surface area contributed by atoms with Crippen LogP contribution in [0.3, 0.4) is 0 Å². The van der Waals surface area contributed by atoms with Crippen LogP contribution in [-0.4, -0.2) is 33.4 Å². The van der Waals surface area contributed by atoms with Gasteiger partial charge in [-0.1, -0.05) is 36.4 Å². The predicted molar refractivity (Wildman–Crippen MR) is 106 cm³/mol. The van der Waals surface area contributed by atoms with Gasteiger partial charge in [-0.2, -0.15) is 5.10 Å². The molecule has 1 atom stereocenters. The molecule has 0 spiro atoms. The summed E-state index contributed by atoms with van der Waals surface area (Å²) in [5.74, 6) is -0.113. The maximum Gasteiger partial charge on any atom is 0.199 e. The van der Waals surface area contributed by atoms with Crippen molar-refractivity contribution < 1.29 is 9.13 Å². The van der Waals surface area contributed by atoms with Crippen LogP contribution in [0, 0.1) is 10.6 Å². The fraction of sp³-hybridized carbons (Fsp3) is 0.300. The molecule has 0 amide bonds. The minimum atomic E-state index is -0.360. The van der Waals surface area contributed by atoms with E-state index in [1.807, 2.05) is 40.8 Å². The molecule has 0 aliphatic carbocycles. The van der Waals surface area contributed by atoms with E-state index in [2.05, 4.69) is 24.2 Å². The van der Waals surface area contributed by atoms with Gasteiger partial charge < -0.3 is 4.74 Å². The van der Waals surface area contributed by atoms with Crippen LogP contribution in [0.25, 0.3) is 0 Å². The van der Waals surface area contributed by atoms with Crippen molar-refractivity contribution in [3.63, 3.8) is 0 Å². The lowest BCUT2D eigenvalue weighted by molar-refractivity contribution is 0.243. The summed E-state index contributed by atoms with van der Waals surface area (Å²) in [6.07, 6.45) is 1.76. The molecular formula is C20H23FN4OS. The van der Waals surface area contributed by atoms with Gasteiger partial charge in [0, 0.05) is 6.54 Å². The number of methoxy groups -OCH3 is 1. The number of rotatable bonds is 7. The Balaban J connectivity index is 1.70. The Labute approximate surface area is 163 Å². The van der Waals surface area contributed by atoms with Gasteiger partial charge in [0.1, 0.15) is 6.33 Å². The van der Waals surface area contributed by atoms with E-state index < -0.39 is 0 Å². The lowest BCUT2D eigenvalue weighted by Gasteiger charge is -2.17. The Bertz CT molecular complexity index is 954. The van der Waals surface area contributed by atoms with Gasteiger partial charge in [0.05, 0.1) is 19.8 Å². The van der Waals surface area contributed by atoms with Crippen molar-refractivity contribution >= 4 is 12.2 Å². The Morgan fingerprint density at radius 1 is 1.22 bits per heavy atom. The number of ether oxygens (including phenoxy) is 1. The van der Waals surface area contributed by atoms with Crippen molar-refractivity contribution in [1.29, 1.82) is 0 Å². The van der Waals surface area contributed by atoms with E-state index >= 15 is 0 Å². The zero-order valence-electron chi connectivity index (χ0n) is 15.7. The summed E-state index contributed by atoms with van der Waals surface area (Å²) < 4.78 is 23.2. The number of hydrogen-bond acceptors (Lipinski definition) is 4. The standard InChI is InChI=1S/C20H23FN4OS/c1-15(17-7-5-4-6-8-17)24-13-22-25(20(24)27)14-23(2)12-16-9-10-19(26-3)18(21)11-16/h4-11,13,15H,12,14H2,1-3H3. The third-order valence-electron chi connectivity index (χ3n) is 4.50. The number of hydrogen-bond donors (Lipinski definition) is 0. The topological polar surface area (TPSA) is 35.2 Å². The Hall–Kier alpha value is -2.51. The third-order valence-corrected chi connectivity index (χ3v) is 4.92. The highest BCUT2D eigenvalue weighted by molar-refractivity contribution is 7.71. The molecule has 1 aromatic heterocycles. The highest BCUT2D eigenvalue weighted by Gasteiger charge is 2.12. The highest BCUT2D eigenvalue weighted by Crippen LogP contribution is 2.19. The quantitative estimate of drug-likeness (QED) is 0.569. The summed E-state index contributed by atoms with van der Waals surface area (Å²) in [5.41, 5.74) is 2.04. The van der Waals surface area contributed by atoms with Crippen molar-refractivity contribution in [2.45, 2.75) is 26.2 Å². The molecule has 1 heterocycles. The van der Waals surface area contributed by atoms with Crippen molar-refractivity contribution in [1.82, 2.24) is 19.2 Å². The molecule has 0 saturated carbocycles. The Kier molecular flexibility index (Phi) is 6.03. The van der Waals surface area contributed by atoms with E-state index in [4.69, 9.17) is 17.0 Å². The van der Waals surface area contributed by atoms with Gasteiger partial charge in [-0.25, -0.2) is 9.07 Å². The number of nitrogens with zero attached hydrogens (tertiary/aromatic N) is 4. The van der Waals surface area contributed by atoms with Gasteiger partial charge in [0.15, 0.2) is 16.3 Å². The van der Waals surface area contributed by atoms with Crippen molar-refractivity contribution in [3.05, 3.63) is 76.6 Å². The highest BCUT2D eigenvalue weighted by atomic mass is 32.1. The summed E-state index contributed by atoms with van der Waals surface area (Å²) in [7, 11) is 3.41. The van der Waals surface area contributed by atoms with Crippen molar-refractivity contribution in [3.8, 4) is 5.75 Å². The van der Waals surface area contributed by atoms with Gasteiger partial charge in [0.2, 0.25) is 0 Å². The second-order valence-corrected chi connectivity index (χ2v) is 6.90. The molecule has 5 nitrogen and oxygen atoms in total. The lowest BCUT2D eigenvalue weighted by Crippen LogP contribution is -2.23. The maximum absolute atomic E-state index is 13.9. The molecule has 1 unspecified atom stereocenters. The van der Waals surface area contributed by atoms with Gasteiger partial charge in [-0.3, -0.25) is 9.47 Å². The third kappa shape index (κ3) is 4.43. The van der Waals surface area contributed by atoms with Crippen LogP contribution in [0.4, 0.5) is 4.39 Å². The average molecular weight is 386 g/mol. The van der Waals surface area contributed by atoms with Crippen molar-refractivity contribution in [2.24, 2.45) is 0 Å². The normalized spacial score (nSPS) is 12.3. The summed E-state index contributed by atoms with van der Waals surface area (Å²) in [6.45, 7) is 3.19. The van der Waals surface area contributed by atoms with Gasteiger partial charge in [-0.15, -0.1) is 0 Å². The molecule has 142 valence electrons. The summed E-state index contributed by atoms with van der Waals surface area (Å²) in [5, 5.41) is 4.43. The smallest absolute Gasteiger partial charge is 0.199 e. The Morgan fingerprint density at radius 3 is 2.63 bits per heavy atom. The first-order valence-electron chi connectivity index (χ1n) is 8.69. The van der Waals surface area contributed by atoms with E-state index in [1.54, 1.807) is 17.1 Å². The number of aromatic nitrogens is 3. The first kappa shape index (κ1) is 19.3. The maximum atomic E-state index is 13.9. The molecule has 0 N–H and O–H groups in total. The minimum absolute atomic E-state index is 0.105.